The maximum absolute atomic E-state index is 6.59. The minimum atomic E-state index is 0.593. The molecular weight excluding hydrogens is 685 g/mol. The molecule has 0 atom stereocenters. The topological polar surface area (TPSA) is 56.7 Å². The van der Waals surface area contributed by atoms with Crippen molar-refractivity contribution >= 4 is 76.1 Å². The Morgan fingerprint density at radius 2 is 1.05 bits per heavy atom. The van der Waals surface area contributed by atoms with E-state index >= 15 is 0 Å². The summed E-state index contributed by atoms with van der Waals surface area (Å²) < 4.78 is 9.01. The number of aromatic nitrogens is 4. The van der Waals surface area contributed by atoms with Crippen molar-refractivity contribution in [3.8, 4) is 39.9 Å². The second kappa shape index (κ2) is 11.9. The Labute approximate surface area is 320 Å². The number of fused-ring (bicyclic) bond motifs is 10. The maximum atomic E-state index is 6.59. The molecule has 0 aliphatic heterocycles. The molecule has 0 saturated carbocycles. The molecule has 0 aliphatic carbocycles. The number of hydrogen-bond donors (Lipinski definition) is 0. The molecule has 5 nitrogen and oxygen atoms in total. The molecule has 0 saturated heterocycles. The first-order chi connectivity index (χ1) is 27.7. The highest BCUT2D eigenvalue weighted by molar-refractivity contribution is 6.21. The van der Waals surface area contributed by atoms with Crippen LogP contribution in [0.3, 0.4) is 0 Å². The van der Waals surface area contributed by atoms with Crippen LogP contribution in [0.1, 0.15) is 0 Å². The van der Waals surface area contributed by atoms with E-state index in [4.69, 9.17) is 19.4 Å². The normalized spacial score (nSPS) is 11.9. The average Bonchev–Trinajstić information content (AvgIpc) is 3.80. The van der Waals surface area contributed by atoms with Crippen LogP contribution >= 0.6 is 0 Å². The number of hydrogen-bond acceptors (Lipinski definition) is 4. The molecule has 260 valence electrons. The second-order valence-electron chi connectivity index (χ2n) is 14.4. The minimum absolute atomic E-state index is 0.593. The molecule has 3 aromatic heterocycles. The highest BCUT2D eigenvalue weighted by Gasteiger charge is 2.21. The number of nitrogens with zero attached hydrogens (tertiary/aromatic N) is 4. The first-order valence-corrected chi connectivity index (χ1v) is 18.8. The van der Waals surface area contributed by atoms with Crippen molar-refractivity contribution in [2.24, 2.45) is 0 Å². The minimum Gasteiger partial charge on any atom is -0.456 e. The van der Waals surface area contributed by atoms with E-state index in [0.717, 1.165) is 55.2 Å². The molecule has 0 unspecified atom stereocenters. The summed E-state index contributed by atoms with van der Waals surface area (Å²) >= 11 is 0. The van der Waals surface area contributed by atoms with Crippen molar-refractivity contribution in [2.75, 3.05) is 0 Å². The van der Waals surface area contributed by atoms with Gasteiger partial charge in [0.2, 0.25) is 0 Å². The average molecular weight is 715 g/mol. The van der Waals surface area contributed by atoms with Crippen molar-refractivity contribution in [3.05, 3.63) is 182 Å². The fourth-order valence-electron chi connectivity index (χ4n) is 8.54. The quantitative estimate of drug-likeness (QED) is 0.182. The molecule has 0 amide bonds. The fourth-order valence-corrected chi connectivity index (χ4v) is 8.54. The van der Waals surface area contributed by atoms with Gasteiger partial charge in [-0.1, -0.05) is 140 Å². The van der Waals surface area contributed by atoms with Gasteiger partial charge in [0.05, 0.1) is 11.0 Å². The number of rotatable bonds is 4. The lowest BCUT2D eigenvalue weighted by Crippen LogP contribution is -2.00. The van der Waals surface area contributed by atoms with E-state index in [1.54, 1.807) is 0 Å². The summed E-state index contributed by atoms with van der Waals surface area (Å²) in [6, 6.07) is 64.0. The largest absolute Gasteiger partial charge is 0.456 e. The van der Waals surface area contributed by atoms with E-state index in [-0.39, 0.29) is 0 Å². The Bertz CT molecular complexity index is 3540. The lowest BCUT2D eigenvalue weighted by atomic mass is 10.0. The van der Waals surface area contributed by atoms with Gasteiger partial charge in [0.25, 0.3) is 0 Å². The molecule has 0 spiro atoms. The molecule has 5 heteroatoms. The predicted molar refractivity (Wildman–Crippen MR) is 230 cm³/mol. The summed E-state index contributed by atoms with van der Waals surface area (Å²) in [5.41, 5.74) is 7.73. The number of benzene rings is 9. The van der Waals surface area contributed by atoms with E-state index in [1.807, 2.05) is 42.5 Å². The summed E-state index contributed by atoms with van der Waals surface area (Å²) in [4.78, 5) is 15.4. The van der Waals surface area contributed by atoms with E-state index in [1.165, 1.54) is 43.2 Å². The van der Waals surface area contributed by atoms with Crippen LogP contribution in [0.25, 0.3) is 116 Å². The van der Waals surface area contributed by atoms with Gasteiger partial charge >= 0.3 is 0 Å². The molecule has 0 bridgehead atoms. The number of furan rings is 1. The molecule has 3 heterocycles. The molecule has 9 aromatic carbocycles. The zero-order chi connectivity index (χ0) is 36.7. The van der Waals surface area contributed by atoms with Crippen LogP contribution in [-0.4, -0.2) is 19.5 Å². The Balaban J connectivity index is 1.13. The Kier molecular flexibility index (Phi) is 6.56. The molecular formula is C51H30N4O. The zero-order valence-corrected chi connectivity index (χ0v) is 30.0. The van der Waals surface area contributed by atoms with Gasteiger partial charge in [0.1, 0.15) is 11.2 Å². The van der Waals surface area contributed by atoms with Crippen LogP contribution in [0.15, 0.2) is 186 Å². The molecule has 0 radical (unpaired) electrons. The molecule has 0 N–H and O–H groups in total. The first-order valence-electron chi connectivity index (χ1n) is 18.8. The van der Waals surface area contributed by atoms with Crippen molar-refractivity contribution in [1.29, 1.82) is 0 Å². The standard InChI is InChI=1S/C51H30N4O/c1-2-13-33(14-3-1)49-52-50(37-22-21-31-11-4-5-15-34(31)27-37)54-51(53-49)41-19-10-20-46-47(41)43-30-38(24-26-45(43)56-46)55-44-29-36-17-7-6-16-35(36)28-42(44)40-25-23-32-12-8-9-18-39(32)48(40)55/h1-30H. The van der Waals surface area contributed by atoms with Gasteiger partial charge in [0.15, 0.2) is 17.5 Å². The SMILES string of the molecule is c1ccc(-c2nc(-c3ccc4ccccc4c3)nc(-c3cccc4oc5ccc(-n6c7cc8ccccc8cc7c7ccc8ccccc8c76)cc5c34)n2)cc1. The van der Waals surface area contributed by atoms with Crippen molar-refractivity contribution in [1.82, 2.24) is 19.5 Å². The lowest BCUT2D eigenvalue weighted by Gasteiger charge is -2.11. The van der Waals surface area contributed by atoms with E-state index in [2.05, 4.69) is 144 Å². The Morgan fingerprint density at radius 1 is 0.375 bits per heavy atom. The van der Waals surface area contributed by atoms with Crippen molar-refractivity contribution in [2.45, 2.75) is 0 Å². The van der Waals surface area contributed by atoms with Gasteiger partial charge < -0.3 is 8.98 Å². The highest BCUT2D eigenvalue weighted by atomic mass is 16.3. The van der Waals surface area contributed by atoms with Gasteiger partial charge in [-0.05, 0) is 69.4 Å². The highest BCUT2D eigenvalue weighted by Crippen LogP contribution is 2.42. The van der Waals surface area contributed by atoms with Crippen LogP contribution in [0.5, 0.6) is 0 Å². The van der Waals surface area contributed by atoms with E-state index < -0.39 is 0 Å². The van der Waals surface area contributed by atoms with E-state index in [9.17, 15) is 0 Å². The fraction of sp³-hybridized carbons (Fsp3) is 0. The third-order valence-corrected chi connectivity index (χ3v) is 11.2. The zero-order valence-electron chi connectivity index (χ0n) is 30.0. The Morgan fingerprint density at radius 3 is 1.89 bits per heavy atom. The van der Waals surface area contributed by atoms with Gasteiger partial charge in [-0.2, -0.15) is 0 Å². The maximum Gasteiger partial charge on any atom is 0.164 e. The first kappa shape index (κ1) is 30.8. The second-order valence-corrected chi connectivity index (χ2v) is 14.4. The summed E-state index contributed by atoms with van der Waals surface area (Å²) in [7, 11) is 0. The van der Waals surface area contributed by atoms with Crippen LogP contribution in [0.4, 0.5) is 0 Å². The Hall–Kier alpha value is -7.63. The van der Waals surface area contributed by atoms with Crippen molar-refractivity contribution < 1.29 is 4.42 Å². The van der Waals surface area contributed by atoms with Gasteiger partial charge in [0, 0.05) is 49.3 Å². The lowest BCUT2D eigenvalue weighted by molar-refractivity contribution is 0.669. The molecule has 0 aliphatic rings. The van der Waals surface area contributed by atoms with E-state index in [0.29, 0.717) is 17.5 Å². The van der Waals surface area contributed by atoms with Gasteiger partial charge in [-0.25, -0.2) is 15.0 Å². The third-order valence-electron chi connectivity index (χ3n) is 11.2. The molecule has 12 rings (SSSR count). The summed E-state index contributed by atoms with van der Waals surface area (Å²) in [6.45, 7) is 0. The predicted octanol–water partition coefficient (Wildman–Crippen LogP) is 13.3. The van der Waals surface area contributed by atoms with Gasteiger partial charge in [-0.3, -0.25) is 0 Å². The molecule has 0 fully saturated rings. The summed E-state index contributed by atoms with van der Waals surface area (Å²) in [5, 5.41) is 11.6. The third kappa shape index (κ3) is 4.71. The summed E-state index contributed by atoms with van der Waals surface area (Å²) in [5.74, 6) is 1.83. The van der Waals surface area contributed by atoms with Crippen LogP contribution in [0, 0.1) is 0 Å². The molecule has 12 aromatic rings. The molecule has 56 heavy (non-hydrogen) atoms. The smallest absolute Gasteiger partial charge is 0.164 e. The van der Waals surface area contributed by atoms with Crippen LogP contribution in [-0.2, 0) is 0 Å². The van der Waals surface area contributed by atoms with Crippen LogP contribution < -0.4 is 0 Å². The van der Waals surface area contributed by atoms with Crippen molar-refractivity contribution in [3.63, 3.8) is 0 Å². The monoisotopic (exact) mass is 714 g/mol. The van der Waals surface area contributed by atoms with Crippen LogP contribution in [0.2, 0.25) is 0 Å². The summed E-state index contributed by atoms with van der Waals surface area (Å²) in [6.07, 6.45) is 0. The van der Waals surface area contributed by atoms with Gasteiger partial charge in [-0.15, -0.1) is 0 Å².